The van der Waals surface area contributed by atoms with E-state index in [1.165, 1.54) is 5.94 Å². The van der Waals surface area contributed by atoms with Crippen LogP contribution in [-0.4, -0.2) is 5.94 Å². The van der Waals surface area contributed by atoms with E-state index in [1.807, 2.05) is 0 Å². The van der Waals surface area contributed by atoms with Gasteiger partial charge in [0, 0.05) is 19.5 Å². The van der Waals surface area contributed by atoms with Gasteiger partial charge in [-0.25, -0.2) is 4.79 Å². The van der Waals surface area contributed by atoms with Crippen LogP contribution in [0.15, 0.2) is 6.58 Å². The standard InChI is InChI=1S/C2H2O.Ru/c1-2-3;/h1H2;. The molecule has 0 radical (unpaired) electrons. The molecule has 2 heteroatoms. The van der Waals surface area contributed by atoms with Crippen LogP contribution in [0.3, 0.4) is 0 Å². The summed E-state index contributed by atoms with van der Waals surface area (Å²) in [6.07, 6.45) is 0. The van der Waals surface area contributed by atoms with Crippen molar-refractivity contribution in [3.05, 3.63) is 6.58 Å². The normalized spacial score (nSPS) is 2.00. The van der Waals surface area contributed by atoms with Gasteiger partial charge in [-0.3, -0.25) is 0 Å². The maximum absolute atomic E-state index is 8.57. The first-order valence-electron chi connectivity index (χ1n) is 0.558. The summed E-state index contributed by atoms with van der Waals surface area (Å²) >= 11 is 0. The minimum absolute atomic E-state index is 0. The molecule has 0 aromatic carbocycles. The molecule has 0 aliphatic rings. The zero-order valence-corrected chi connectivity index (χ0v) is 3.71. The predicted molar refractivity (Wildman–Crippen MR) is 11.3 cm³/mol. The van der Waals surface area contributed by atoms with Crippen LogP contribution in [0.2, 0.25) is 0 Å². The fraction of sp³-hybridized carbons (Fsp3) is 0. The maximum atomic E-state index is 8.57. The second-order valence-corrected chi connectivity index (χ2v) is 0.144. The van der Waals surface area contributed by atoms with Crippen LogP contribution in [0.25, 0.3) is 0 Å². The Morgan fingerprint density at radius 1 is 1.75 bits per heavy atom. The molecule has 1 nitrogen and oxygen atoms in total. The van der Waals surface area contributed by atoms with Gasteiger partial charge in [0.2, 0.25) is 0 Å². The van der Waals surface area contributed by atoms with E-state index >= 15 is 0 Å². The molecule has 0 amide bonds. The zero-order valence-electron chi connectivity index (χ0n) is 1.97. The number of hydrogen-bond donors (Lipinski definition) is 0. The van der Waals surface area contributed by atoms with E-state index in [2.05, 4.69) is 6.58 Å². The molecule has 0 aromatic rings. The first kappa shape index (κ1) is 8.95. The topological polar surface area (TPSA) is 17.1 Å². The summed E-state index contributed by atoms with van der Waals surface area (Å²) in [7, 11) is 0. The molecule has 0 saturated heterocycles. The number of hydrogen-bond acceptors (Lipinski definition) is 1. The summed E-state index contributed by atoms with van der Waals surface area (Å²) in [5.74, 6) is 1.25. The van der Waals surface area contributed by atoms with Gasteiger partial charge in [0.05, 0.1) is 0 Å². The second kappa shape index (κ2) is 11.5. The van der Waals surface area contributed by atoms with Gasteiger partial charge >= 0.3 is 0 Å². The molecule has 0 rings (SSSR count). The minimum Gasteiger partial charge on any atom is -0.234 e. The zero-order chi connectivity index (χ0) is 2.71. The van der Waals surface area contributed by atoms with Crippen molar-refractivity contribution in [1.82, 2.24) is 0 Å². The first-order chi connectivity index (χ1) is 1.41. The Kier molecular flexibility index (Phi) is 25.7. The van der Waals surface area contributed by atoms with Crippen molar-refractivity contribution in [2.24, 2.45) is 0 Å². The van der Waals surface area contributed by atoms with Crippen molar-refractivity contribution in [3.63, 3.8) is 0 Å². The van der Waals surface area contributed by atoms with E-state index in [-0.39, 0.29) is 19.5 Å². The summed E-state index contributed by atoms with van der Waals surface area (Å²) in [6, 6.07) is 0. The third-order valence-corrected chi connectivity index (χ3v) is 0. The van der Waals surface area contributed by atoms with Crippen molar-refractivity contribution >= 4 is 5.94 Å². The number of rotatable bonds is 0. The minimum atomic E-state index is 0. The molecule has 0 N–H and O–H groups in total. The fourth-order valence-corrected chi connectivity index (χ4v) is 0. The smallest absolute Gasteiger partial charge is 0.116 e. The van der Waals surface area contributed by atoms with Crippen LogP contribution < -0.4 is 0 Å². The second-order valence-electron chi connectivity index (χ2n) is 0.144. The molecule has 0 fully saturated rings. The SMILES string of the molecule is C=C=O.[Ru]. The summed E-state index contributed by atoms with van der Waals surface area (Å²) in [5, 5.41) is 0. The van der Waals surface area contributed by atoms with Gasteiger partial charge in [0.15, 0.2) is 0 Å². The monoisotopic (exact) mass is 144 g/mol. The Labute approximate surface area is 37.5 Å². The van der Waals surface area contributed by atoms with Crippen molar-refractivity contribution in [2.75, 3.05) is 0 Å². The van der Waals surface area contributed by atoms with E-state index in [1.54, 1.807) is 0 Å². The molecule has 0 unspecified atom stereocenters. The van der Waals surface area contributed by atoms with Gasteiger partial charge in [-0.2, -0.15) is 0 Å². The third-order valence-electron chi connectivity index (χ3n) is 0. The Bertz CT molecular complexity index is 27.0. The molecule has 0 heterocycles. The van der Waals surface area contributed by atoms with E-state index in [0.717, 1.165) is 0 Å². The van der Waals surface area contributed by atoms with Gasteiger partial charge in [-0.1, -0.05) is 0 Å². The summed E-state index contributed by atoms with van der Waals surface area (Å²) in [5.41, 5.74) is 0. The Morgan fingerprint density at radius 2 is 1.75 bits per heavy atom. The molecule has 0 spiro atoms. The van der Waals surface area contributed by atoms with Gasteiger partial charge in [-0.05, 0) is 6.58 Å². The average molecular weight is 143 g/mol. The molecule has 0 bridgehead atoms. The Morgan fingerprint density at radius 3 is 1.75 bits per heavy atom. The van der Waals surface area contributed by atoms with Gasteiger partial charge in [-0.15, -0.1) is 0 Å². The van der Waals surface area contributed by atoms with E-state index in [9.17, 15) is 0 Å². The van der Waals surface area contributed by atoms with E-state index < -0.39 is 0 Å². The molecule has 24 valence electrons. The van der Waals surface area contributed by atoms with Crippen molar-refractivity contribution in [3.8, 4) is 0 Å². The molecule has 0 atom stereocenters. The first-order valence-corrected chi connectivity index (χ1v) is 0.558. The molecular formula is C2H2ORu. The third kappa shape index (κ3) is 444. The van der Waals surface area contributed by atoms with Crippen molar-refractivity contribution in [1.29, 1.82) is 0 Å². The van der Waals surface area contributed by atoms with Crippen molar-refractivity contribution in [2.45, 2.75) is 0 Å². The molecule has 0 saturated carbocycles. The number of carbonyl (C=O) groups excluding carboxylic acids is 1. The van der Waals surface area contributed by atoms with Crippen molar-refractivity contribution < 1.29 is 24.3 Å². The van der Waals surface area contributed by atoms with Gasteiger partial charge in [0.25, 0.3) is 0 Å². The molecule has 4 heavy (non-hydrogen) atoms. The quantitative estimate of drug-likeness (QED) is 0.344. The molecule has 0 aliphatic carbocycles. The fourth-order valence-electron chi connectivity index (χ4n) is 0. The summed E-state index contributed by atoms with van der Waals surface area (Å²) < 4.78 is 0. The van der Waals surface area contributed by atoms with E-state index in [4.69, 9.17) is 4.79 Å². The molecular weight excluding hydrogens is 141 g/mol. The Hall–Kier alpha value is 0.0734. The van der Waals surface area contributed by atoms with Crippen LogP contribution >= 0.6 is 0 Å². The van der Waals surface area contributed by atoms with Crippen LogP contribution in [0.5, 0.6) is 0 Å². The average Bonchev–Trinajstić information content (AvgIpc) is 0.918. The summed E-state index contributed by atoms with van der Waals surface area (Å²) in [6.45, 7) is 2.68. The van der Waals surface area contributed by atoms with E-state index in [0.29, 0.717) is 0 Å². The van der Waals surface area contributed by atoms with Crippen LogP contribution in [0, 0.1) is 0 Å². The van der Waals surface area contributed by atoms with Gasteiger partial charge in [0.1, 0.15) is 5.94 Å². The predicted octanol–water partition coefficient (Wildman–Crippen LogP) is 0.00150. The Balaban J connectivity index is 0. The van der Waals surface area contributed by atoms with Gasteiger partial charge < -0.3 is 0 Å². The molecule has 0 aromatic heterocycles. The van der Waals surface area contributed by atoms with Crippen LogP contribution in [0.1, 0.15) is 0 Å². The van der Waals surface area contributed by atoms with Crippen LogP contribution in [0.4, 0.5) is 0 Å². The largest absolute Gasteiger partial charge is 0.234 e. The molecule has 0 aliphatic heterocycles. The van der Waals surface area contributed by atoms with Crippen LogP contribution in [-0.2, 0) is 24.3 Å². The summed E-state index contributed by atoms with van der Waals surface area (Å²) in [4.78, 5) is 8.57. The maximum Gasteiger partial charge on any atom is 0.116 e.